The average Bonchev–Trinajstić information content (AvgIpc) is 2.81. The summed E-state index contributed by atoms with van der Waals surface area (Å²) in [4.78, 5) is 0. The average molecular weight is 295 g/mol. The van der Waals surface area contributed by atoms with Gasteiger partial charge in [0.15, 0.2) is 0 Å². The van der Waals surface area contributed by atoms with Crippen molar-refractivity contribution in [1.82, 2.24) is 5.32 Å². The molecule has 0 aliphatic carbocycles. The van der Waals surface area contributed by atoms with Crippen LogP contribution in [0.4, 0.5) is 13.2 Å². The normalized spacial score (nSPS) is 13.7. The number of ether oxygens (including phenoxy) is 2. The zero-order chi connectivity index (χ0) is 15.0. The van der Waals surface area contributed by atoms with Gasteiger partial charge in [-0.3, -0.25) is 0 Å². The number of furan rings is 1. The molecule has 116 valence electrons. The van der Waals surface area contributed by atoms with Crippen molar-refractivity contribution in [1.29, 1.82) is 0 Å². The molecule has 1 N–H and O–H groups in total. The van der Waals surface area contributed by atoms with Gasteiger partial charge in [-0.2, -0.15) is 13.2 Å². The lowest BCUT2D eigenvalue weighted by Crippen LogP contribution is -2.28. The topological polar surface area (TPSA) is 43.6 Å². The van der Waals surface area contributed by atoms with Crippen LogP contribution in [-0.4, -0.2) is 33.0 Å². The van der Waals surface area contributed by atoms with Gasteiger partial charge in [0.1, 0.15) is 24.7 Å². The van der Waals surface area contributed by atoms with Gasteiger partial charge in [0.05, 0.1) is 12.6 Å². The van der Waals surface area contributed by atoms with E-state index in [1.54, 1.807) is 19.2 Å². The third-order valence-corrected chi connectivity index (χ3v) is 2.50. The molecule has 0 saturated heterocycles. The van der Waals surface area contributed by atoms with Crippen molar-refractivity contribution in [2.24, 2.45) is 0 Å². The Morgan fingerprint density at radius 1 is 1.35 bits per heavy atom. The second kappa shape index (κ2) is 8.28. The Balaban J connectivity index is 2.57. The van der Waals surface area contributed by atoms with E-state index in [4.69, 9.17) is 13.9 Å². The molecule has 7 heteroatoms. The molecule has 20 heavy (non-hydrogen) atoms. The van der Waals surface area contributed by atoms with E-state index >= 15 is 0 Å². The van der Waals surface area contributed by atoms with Crippen molar-refractivity contribution in [3.05, 3.63) is 23.7 Å². The molecule has 0 aromatic carbocycles. The monoisotopic (exact) mass is 295 g/mol. The second-order valence-electron chi connectivity index (χ2n) is 4.37. The molecule has 0 aliphatic heterocycles. The van der Waals surface area contributed by atoms with Crippen LogP contribution in [0, 0.1) is 0 Å². The maximum absolute atomic E-state index is 12.1. The van der Waals surface area contributed by atoms with Crippen molar-refractivity contribution in [3.8, 4) is 0 Å². The van der Waals surface area contributed by atoms with Crippen LogP contribution >= 0.6 is 0 Å². The summed E-state index contributed by atoms with van der Waals surface area (Å²) < 4.78 is 51.4. The predicted octanol–water partition coefficient (Wildman–Crippen LogP) is 3.05. The number of alkyl halides is 3. The van der Waals surface area contributed by atoms with Crippen molar-refractivity contribution in [2.75, 3.05) is 26.9 Å². The number of rotatable bonds is 9. The molecule has 1 aromatic heterocycles. The van der Waals surface area contributed by atoms with Gasteiger partial charge in [-0.1, -0.05) is 6.92 Å². The van der Waals surface area contributed by atoms with E-state index in [0.717, 1.165) is 6.42 Å². The third kappa shape index (κ3) is 6.40. The summed E-state index contributed by atoms with van der Waals surface area (Å²) in [5, 5.41) is 3.10. The van der Waals surface area contributed by atoms with Crippen LogP contribution in [0.5, 0.6) is 0 Å². The highest BCUT2D eigenvalue weighted by molar-refractivity contribution is 5.10. The van der Waals surface area contributed by atoms with Crippen molar-refractivity contribution < 1.29 is 27.1 Å². The molecule has 1 heterocycles. The SMILES string of the molecule is CCCNC(COCC(F)(F)F)c1ccc(COC)o1. The summed E-state index contributed by atoms with van der Waals surface area (Å²) in [6, 6.07) is 3.06. The van der Waals surface area contributed by atoms with Crippen LogP contribution in [0.3, 0.4) is 0 Å². The zero-order valence-corrected chi connectivity index (χ0v) is 11.6. The third-order valence-electron chi connectivity index (χ3n) is 2.50. The fraction of sp³-hybridized carbons (Fsp3) is 0.692. The highest BCUT2D eigenvalue weighted by Gasteiger charge is 2.28. The van der Waals surface area contributed by atoms with E-state index in [1.165, 1.54) is 0 Å². The van der Waals surface area contributed by atoms with Crippen molar-refractivity contribution in [3.63, 3.8) is 0 Å². The van der Waals surface area contributed by atoms with Crippen LogP contribution in [0.15, 0.2) is 16.5 Å². The molecule has 0 fully saturated rings. The largest absolute Gasteiger partial charge is 0.462 e. The van der Waals surface area contributed by atoms with Gasteiger partial charge in [-0.05, 0) is 25.1 Å². The fourth-order valence-corrected chi connectivity index (χ4v) is 1.65. The molecule has 0 saturated carbocycles. The minimum atomic E-state index is -4.32. The summed E-state index contributed by atoms with van der Waals surface area (Å²) >= 11 is 0. The van der Waals surface area contributed by atoms with Crippen molar-refractivity contribution >= 4 is 0 Å². The van der Waals surface area contributed by atoms with Gasteiger partial charge in [0.2, 0.25) is 0 Å². The van der Waals surface area contributed by atoms with Gasteiger partial charge in [-0.25, -0.2) is 0 Å². The van der Waals surface area contributed by atoms with E-state index in [1.807, 2.05) is 6.92 Å². The van der Waals surface area contributed by atoms with E-state index < -0.39 is 18.8 Å². The number of hydrogen-bond acceptors (Lipinski definition) is 4. The Kier molecular flexibility index (Phi) is 7.04. The number of halogens is 3. The van der Waals surface area contributed by atoms with Crippen LogP contribution in [0.2, 0.25) is 0 Å². The van der Waals surface area contributed by atoms with Crippen molar-refractivity contribution in [2.45, 2.75) is 32.2 Å². The minimum absolute atomic E-state index is 0.0978. The first kappa shape index (κ1) is 17.0. The first-order chi connectivity index (χ1) is 9.46. The molecule has 1 rings (SSSR count). The fourth-order valence-electron chi connectivity index (χ4n) is 1.65. The van der Waals surface area contributed by atoms with E-state index in [-0.39, 0.29) is 6.61 Å². The van der Waals surface area contributed by atoms with Gasteiger partial charge in [-0.15, -0.1) is 0 Å². The molecule has 0 aliphatic rings. The lowest BCUT2D eigenvalue weighted by molar-refractivity contribution is -0.175. The Bertz CT molecular complexity index is 379. The Labute approximate surface area is 116 Å². The number of nitrogens with one attached hydrogen (secondary N) is 1. The predicted molar refractivity (Wildman–Crippen MR) is 67.3 cm³/mol. The molecule has 0 spiro atoms. The summed E-state index contributed by atoms with van der Waals surface area (Å²) in [6.45, 7) is 1.60. The van der Waals surface area contributed by atoms with Crippen LogP contribution in [0.25, 0.3) is 0 Å². The highest BCUT2D eigenvalue weighted by Crippen LogP contribution is 2.20. The maximum Gasteiger partial charge on any atom is 0.411 e. The van der Waals surface area contributed by atoms with Gasteiger partial charge in [0, 0.05) is 7.11 Å². The second-order valence-corrected chi connectivity index (χ2v) is 4.37. The molecule has 1 atom stereocenters. The standard InChI is InChI=1S/C13H20F3NO3/c1-3-6-17-11(8-19-9-13(14,15)16)12-5-4-10(20-12)7-18-2/h4-5,11,17H,3,6-9H2,1-2H3. The summed E-state index contributed by atoms with van der Waals surface area (Å²) in [6.07, 6.45) is -3.46. The molecule has 1 unspecified atom stereocenters. The van der Waals surface area contributed by atoms with Crippen LogP contribution < -0.4 is 5.32 Å². The van der Waals surface area contributed by atoms with E-state index in [2.05, 4.69) is 5.32 Å². The first-order valence-corrected chi connectivity index (χ1v) is 6.41. The molecular formula is C13H20F3NO3. The van der Waals surface area contributed by atoms with Gasteiger partial charge >= 0.3 is 6.18 Å². The molecule has 0 radical (unpaired) electrons. The molecular weight excluding hydrogens is 275 g/mol. The van der Waals surface area contributed by atoms with Crippen LogP contribution in [0.1, 0.15) is 30.9 Å². The van der Waals surface area contributed by atoms with Gasteiger partial charge in [0.25, 0.3) is 0 Å². The molecule has 4 nitrogen and oxygen atoms in total. The lowest BCUT2D eigenvalue weighted by Gasteiger charge is -2.17. The maximum atomic E-state index is 12.1. The molecule has 0 bridgehead atoms. The van der Waals surface area contributed by atoms with E-state index in [0.29, 0.717) is 24.7 Å². The summed E-state index contributed by atoms with van der Waals surface area (Å²) in [7, 11) is 1.54. The summed E-state index contributed by atoms with van der Waals surface area (Å²) in [5.41, 5.74) is 0. The smallest absolute Gasteiger partial charge is 0.411 e. The zero-order valence-electron chi connectivity index (χ0n) is 11.6. The van der Waals surface area contributed by atoms with Gasteiger partial charge < -0.3 is 19.2 Å². The summed E-state index contributed by atoms with van der Waals surface area (Å²) in [5.74, 6) is 1.18. The Morgan fingerprint density at radius 3 is 2.70 bits per heavy atom. The lowest BCUT2D eigenvalue weighted by atomic mass is 10.2. The first-order valence-electron chi connectivity index (χ1n) is 6.41. The molecule has 0 amide bonds. The molecule has 1 aromatic rings. The number of hydrogen-bond donors (Lipinski definition) is 1. The minimum Gasteiger partial charge on any atom is -0.462 e. The Hall–Kier alpha value is -1.05. The Morgan fingerprint density at radius 2 is 2.10 bits per heavy atom. The van der Waals surface area contributed by atoms with Crippen LogP contribution in [-0.2, 0) is 16.1 Å². The number of methoxy groups -OCH3 is 1. The highest BCUT2D eigenvalue weighted by atomic mass is 19.4. The quantitative estimate of drug-likeness (QED) is 0.760. The van der Waals surface area contributed by atoms with E-state index in [9.17, 15) is 13.2 Å².